The zero-order valence-electron chi connectivity index (χ0n) is 14.1. The number of amides is 1. The van der Waals surface area contributed by atoms with Crippen LogP contribution < -0.4 is 10.1 Å². The van der Waals surface area contributed by atoms with Crippen LogP contribution in [0.5, 0.6) is 5.75 Å². The van der Waals surface area contributed by atoms with Crippen molar-refractivity contribution in [2.45, 2.75) is 17.0 Å². The summed E-state index contributed by atoms with van der Waals surface area (Å²) in [6.07, 6.45) is 3.64. The van der Waals surface area contributed by atoms with Gasteiger partial charge in [0.15, 0.2) is 11.8 Å². The Kier molecular flexibility index (Phi) is 5.40. The monoisotopic (exact) mass is 353 g/mol. The lowest BCUT2D eigenvalue weighted by molar-refractivity contribution is -0.118. The van der Waals surface area contributed by atoms with E-state index in [0.717, 1.165) is 21.3 Å². The first-order chi connectivity index (χ1) is 12.1. The molecule has 0 radical (unpaired) electrons. The lowest BCUT2D eigenvalue weighted by Gasteiger charge is -2.11. The van der Waals surface area contributed by atoms with Crippen molar-refractivity contribution in [3.8, 4) is 5.75 Å². The average Bonchev–Trinajstić information content (AvgIpc) is 3.00. The fourth-order valence-corrected chi connectivity index (χ4v) is 3.14. The Bertz CT molecular complexity index is 876. The Morgan fingerprint density at radius 2 is 2.08 bits per heavy atom. The van der Waals surface area contributed by atoms with Crippen LogP contribution in [0.1, 0.15) is 5.56 Å². The molecule has 0 aliphatic heterocycles. The highest BCUT2D eigenvalue weighted by atomic mass is 32.2. The number of hydrogen-bond acceptors (Lipinski definition) is 4. The van der Waals surface area contributed by atoms with Crippen LogP contribution in [0.3, 0.4) is 0 Å². The second kappa shape index (κ2) is 7.90. The minimum absolute atomic E-state index is 0.0368. The number of nitrogens with zero attached hydrogens (tertiary/aromatic N) is 2. The summed E-state index contributed by atoms with van der Waals surface area (Å²) in [4.78, 5) is 17.5. The third kappa shape index (κ3) is 4.64. The second-order valence-corrected chi connectivity index (χ2v) is 6.58. The fraction of sp³-hybridized carbons (Fsp3) is 0.158. The molecule has 5 nitrogen and oxygen atoms in total. The number of benzene rings is 2. The Morgan fingerprint density at radius 1 is 1.24 bits per heavy atom. The maximum Gasteiger partial charge on any atom is 0.262 e. The van der Waals surface area contributed by atoms with Crippen LogP contribution in [0.4, 0.5) is 5.69 Å². The van der Waals surface area contributed by atoms with E-state index in [1.54, 1.807) is 6.20 Å². The predicted octanol–water partition coefficient (Wildman–Crippen LogP) is 3.90. The molecule has 6 heteroatoms. The van der Waals surface area contributed by atoms with Gasteiger partial charge in [-0.15, -0.1) is 0 Å². The van der Waals surface area contributed by atoms with Crippen LogP contribution >= 0.6 is 11.8 Å². The van der Waals surface area contributed by atoms with Gasteiger partial charge in [-0.05, 0) is 48.5 Å². The van der Waals surface area contributed by atoms with E-state index in [-0.39, 0.29) is 12.5 Å². The van der Waals surface area contributed by atoms with Gasteiger partial charge in [0.05, 0.1) is 5.69 Å². The minimum Gasteiger partial charge on any atom is -0.484 e. The van der Waals surface area contributed by atoms with Crippen LogP contribution in [0.2, 0.25) is 0 Å². The van der Waals surface area contributed by atoms with E-state index >= 15 is 0 Å². The van der Waals surface area contributed by atoms with Gasteiger partial charge in [-0.1, -0.05) is 24.3 Å². The largest absolute Gasteiger partial charge is 0.484 e. The van der Waals surface area contributed by atoms with Crippen LogP contribution in [0.15, 0.2) is 71.0 Å². The van der Waals surface area contributed by atoms with Gasteiger partial charge in [-0.25, -0.2) is 4.98 Å². The lowest BCUT2D eigenvalue weighted by Crippen LogP contribution is -2.20. The SMILES string of the molecule is Cc1cccc(OCC(=O)Nc2ccccc2Sc2nccn2C)c1. The maximum absolute atomic E-state index is 12.2. The Hall–Kier alpha value is -2.73. The highest BCUT2D eigenvalue weighted by Crippen LogP contribution is 2.32. The van der Waals surface area contributed by atoms with Crippen LogP contribution in [-0.4, -0.2) is 22.1 Å². The number of imidazole rings is 1. The normalized spacial score (nSPS) is 10.5. The highest BCUT2D eigenvalue weighted by Gasteiger charge is 2.10. The molecule has 0 spiro atoms. The van der Waals surface area contributed by atoms with Crippen molar-refractivity contribution in [3.05, 3.63) is 66.5 Å². The zero-order chi connectivity index (χ0) is 17.6. The van der Waals surface area contributed by atoms with E-state index in [2.05, 4.69) is 10.3 Å². The molecule has 1 N–H and O–H groups in total. The van der Waals surface area contributed by atoms with Crippen molar-refractivity contribution < 1.29 is 9.53 Å². The van der Waals surface area contributed by atoms with Crippen molar-refractivity contribution in [2.75, 3.05) is 11.9 Å². The summed E-state index contributed by atoms with van der Waals surface area (Å²) in [5.74, 6) is 0.486. The Morgan fingerprint density at radius 3 is 2.84 bits per heavy atom. The molecule has 1 aromatic heterocycles. The van der Waals surface area contributed by atoms with Gasteiger partial charge in [-0.3, -0.25) is 4.79 Å². The molecule has 0 saturated carbocycles. The van der Waals surface area contributed by atoms with E-state index in [1.807, 2.05) is 73.3 Å². The maximum atomic E-state index is 12.2. The van der Waals surface area contributed by atoms with Crippen LogP contribution in [0, 0.1) is 6.92 Å². The van der Waals surface area contributed by atoms with Gasteiger partial charge in [0.2, 0.25) is 0 Å². The fourth-order valence-electron chi connectivity index (χ4n) is 2.25. The first kappa shape index (κ1) is 17.1. The summed E-state index contributed by atoms with van der Waals surface area (Å²) < 4.78 is 7.49. The van der Waals surface area contributed by atoms with Crippen LogP contribution in [-0.2, 0) is 11.8 Å². The first-order valence-corrected chi connectivity index (χ1v) is 8.67. The number of anilines is 1. The number of carbonyl (C=O) groups excluding carboxylic acids is 1. The molecule has 1 amide bonds. The summed E-state index contributed by atoms with van der Waals surface area (Å²) in [5, 5.41) is 3.76. The highest BCUT2D eigenvalue weighted by molar-refractivity contribution is 7.99. The Labute approximate surface area is 151 Å². The molecular formula is C19H19N3O2S. The van der Waals surface area contributed by atoms with E-state index in [4.69, 9.17) is 4.74 Å². The zero-order valence-corrected chi connectivity index (χ0v) is 14.9. The summed E-state index contributed by atoms with van der Waals surface area (Å²) in [7, 11) is 1.94. The molecule has 0 aliphatic carbocycles. The van der Waals surface area contributed by atoms with Gasteiger partial charge in [-0.2, -0.15) is 0 Å². The smallest absolute Gasteiger partial charge is 0.262 e. The average molecular weight is 353 g/mol. The Balaban J connectivity index is 1.64. The standard InChI is InChI=1S/C19H19N3O2S/c1-14-6-5-7-15(12-14)24-13-18(23)21-16-8-3-4-9-17(16)25-19-20-10-11-22(19)2/h3-12H,13H2,1-2H3,(H,21,23). The van der Waals surface area contributed by atoms with E-state index in [1.165, 1.54) is 11.8 Å². The molecule has 0 unspecified atom stereocenters. The van der Waals surface area contributed by atoms with E-state index < -0.39 is 0 Å². The number of para-hydroxylation sites is 1. The van der Waals surface area contributed by atoms with Crippen molar-refractivity contribution in [3.63, 3.8) is 0 Å². The number of carbonyl (C=O) groups is 1. The molecule has 0 aliphatic rings. The van der Waals surface area contributed by atoms with Gasteiger partial charge < -0.3 is 14.6 Å². The third-order valence-corrected chi connectivity index (χ3v) is 4.65. The molecular weight excluding hydrogens is 334 g/mol. The van der Waals surface area contributed by atoms with Crippen LogP contribution in [0.25, 0.3) is 0 Å². The molecule has 128 valence electrons. The topological polar surface area (TPSA) is 56.1 Å². The number of nitrogens with one attached hydrogen (secondary N) is 1. The molecule has 2 aromatic carbocycles. The minimum atomic E-state index is -0.200. The van der Waals surface area contributed by atoms with Gasteiger partial charge >= 0.3 is 0 Å². The number of aryl methyl sites for hydroxylation is 2. The molecule has 3 aromatic rings. The molecule has 0 bridgehead atoms. The summed E-state index contributed by atoms with van der Waals surface area (Å²) in [5.41, 5.74) is 1.84. The number of aromatic nitrogens is 2. The van der Waals surface area contributed by atoms with Crippen molar-refractivity contribution in [1.29, 1.82) is 0 Å². The molecule has 3 rings (SSSR count). The van der Waals surface area contributed by atoms with Gasteiger partial charge in [0.1, 0.15) is 5.75 Å². The molecule has 0 fully saturated rings. The predicted molar refractivity (Wildman–Crippen MR) is 99.1 cm³/mol. The summed E-state index contributed by atoms with van der Waals surface area (Å²) in [6, 6.07) is 15.3. The quantitative estimate of drug-likeness (QED) is 0.730. The molecule has 0 saturated heterocycles. The summed E-state index contributed by atoms with van der Waals surface area (Å²) >= 11 is 1.50. The third-order valence-electron chi connectivity index (χ3n) is 3.50. The van der Waals surface area contributed by atoms with Crippen molar-refractivity contribution in [2.24, 2.45) is 7.05 Å². The number of rotatable bonds is 6. The van der Waals surface area contributed by atoms with E-state index in [0.29, 0.717) is 5.75 Å². The second-order valence-electron chi connectivity index (χ2n) is 5.57. The lowest BCUT2D eigenvalue weighted by atomic mass is 10.2. The molecule has 0 atom stereocenters. The van der Waals surface area contributed by atoms with E-state index in [9.17, 15) is 4.79 Å². The first-order valence-electron chi connectivity index (χ1n) is 7.85. The van der Waals surface area contributed by atoms with Gasteiger partial charge in [0.25, 0.3) is 5.91 Å². The van der Waals surface area contributed by atoms with Gasteiger partial charge in [0, 0.05) is 24.3 Å². The number of ether oxygens (including phenoxy) is 1. The molecule has 1 heterocycles. The summed E-state index contributed by atoms with van der Waals surface area (Å²) in [6.45, 7) is 1.95. The molecule has 25 heavy (non-hydrogen) atoms. The van der Waals surface area contributed by atoms with Crippen molar-refractivity contribution >= 4 is 23.4 Å². The van der Waals surface area contributed by atoms with Crippen molar-refractivity contribution in [1.82, 2.24) is 9.55 Å². The number of hydrogen-bond donors (Lipinski definition) is 1.